The van der Waals surface area contributed by atoms with Crippen molar-refractivity contribution < 1.29 is 9.53 Å². The highest BCUT2D eigenvalue weighted by Crippen LogP contribution is 2.12. The predicted molar refractivity (Wildman–Crippen MR) is 75.1 cm³/mol. The third-order valence-corrected chi connectivity index (χ3v) is 4.15. The van der Waals surface area contributed by atoms with Crippen LogP contribution in [0.2, 0.25) is 0 Å². The zero-order chi connectivity index (χ0) is 13.7. The lowest BCUT2D eigenvalue weighted by Gasteiger charge is -2.37. The normalized spacial score (nSPS) is 26.6. The van der Waals surface area contributed by atoms with Crippen LogP contribution in [0.4, 0.5) is 0 Å². The summed E-state index contributed by atoms with van der Waals surface area (Å²) < 4.78 is 5.40. The summed E-state index contributed by atoms with van der Waals surface area (Å²) in [6, 6.07) is 0.437. The van der Waals surface area contributed by atoms with Crippen molar-refractivity contribution in [2.45, 2.75) is 38.8 Å². The first-order valence-corrected chi connectivity index (χ1v) is 7.51. The zero-order valence-electron chi connectivity index (χ0n) is 12.2. The summed E-state index contributed by atoms with van der Waals surface area (Å²) in [4.78, 5) is 14.5. The lowest BCUT2D eigenvalue weighted by molar-refractivity contribution is -0.123. The van der Waals surface area contributed by atoms with Gasteiger partial charge in [-0.15, -0.1) is 0 Å². The standard InChI is InChI=1S/C14H27N3O2/c1-11(2)13(17-6-8-19-9-7-17)10-16-14(18)12-4-3-5-15-12/h11-13,15H,3-10H2,1-2H3,(H,16,18). The molecule has 2 atom stereocenters. The van der Waals surface area contributed by atoms with Gasteiger partial charge in [0.25, 0.3) is 0 Å². The molecule has 110 valence electrons. The Morgan fingerprint density at radius 3 is 2.74 bits per heavy atom. The van der Waals surface area contributed by atoms with Gasteiger partial charge in [0, 0.05) is 25.7 Å². The van der Waals surface area contributed by atoms with Gasteiger partial charge in [-0.2, -0.15) is 0 Å². The number of morpholine rings is 1. The molecule has 0 saturated carbocycles. The van der Waals surface area contributed by atoms with Gasteiger partial charge in [0.2, 0.25) is 5.91 Å². The molecule has 2 heterocycles. The Bertz CT molecular complexity index is 284. The maximum atomic E-state index is 12.0. The van der Waals surface area contributed by atoms with Gasteiger partial charge in [-0.1, -0.05) is 13.8 Å². The van der Waals surface area contributed by atoms with Crippen molar-refractivity contribution in [3.05, 3.63) is 0 Å². The Morgan fingerprint density at radius 1 is 1.42 bits per heavy atom. The average Bonchev–Trinajstić information content (AvgIpc) is 2.93. The molecule has 0 bridgehead atoms. The fraction of sp³-hybridized carbons (Fsp3) is 0.929. The second kappa shape index (κ2) is 7.22. The molecular formula is C14H27N3O2. The number of carbonyl (C=O) groups excluding carboxylic acids is 1. The number of carbonyl (C=O) groups is 1. The molecule has 2 N–H and O–H groups in total. The second-order valence-electron chi connectivity index (χ2n) is 5.85. The summed E-state index contributed by atoms with van der Waals surface area (Å²) in [6.45, 7) is 9.72. The molecule has 2 aliphatic rings. The van der Waals surface area contributed by atoms with Crippen LogP contribution >= 0.6 is 0 Å². The van der Waals surface area contributed by atoms with Gasteiger partial charge in [0.15, 0.2) is 0 Å². The van der Waals surface area contributed by atoms with E-state index in [4.69, 9.17) is 4.74 Å². The summed E-state index contributed by atoms with van der Waals surface area (Å²) >= 11 is 0. The molecule has 5 nitrogen and oxygen atoms in total. The average molecular weight is 269 g/mol. The van der Waals surface area contributed by atoms with E-state index < -0.39 is 0 Å². The molecule has 0 aliphatic carbocycles. The molecule has 2 saturated heterocycles. The van der Waals surface area contributed by atoms with E-state index in [1.54, 1.807) is 0 Å². The number of nitrogens with zero attached hydrogens (tertiary/aromatic N) is 1. The van der Waals surface area contributed by atoms with Crippen LogP contribution < -0.4 is 10.6 Å². The molecule has 0 aromatic heterocycles. The van der Waals surface area contributed by atoms with Crippen molar-refractivity contribution in [3.8, 4) is 0 Å². The summed E-state index contributed by atoms with van der Waals surface area (Å²) in [5, 5.41) is 6.36. The van der Waals surface area contributed by atoms with Crippen LogP contribution in [0.25, 0.3) is 0 Å². The number of rotatable bonds is 5. The molecule has 5 heteroatoms. The Kier molecular flexibility index (Phi) is 5.60. The van der Waals surface area contributed by atoms with Crippen LogP contribution in [-0.2, 0) is 9.53 Å². The Balaban J connectivity index is 1.80. The highest BCUT2D eigenvalue weighted by Gasteiger charge is 2.26. The first kappa shape index (κ1) is 14.8. The fourth-order valence-electron chi connectivity index (χ4n) is 2.93. The van der Waals surface area contributed by atoms with E-state index in [0.717, 1.165) is 52.2 Å². The molecular weight excluding hydrogens is 242 g/mol. The van der Waals surface area contributed by atoms with E-state index in [1.165, 1.54) is 0 Å². The monoisotopic (exact) mass is 269 g/mol. The predicted octanol–water partition coefficient (Wildman–Crippen LogP) is 0.211. The second-order valence-corrected chi connectivity index (χ2v) is 5.85. The lowest BCUT2D eigenvalue weighted by Crippen LogP contribution is -2.52. The third kappa shape index (κ3) is 4.16. The van der Waals surface area contributed by atoms with E-state index in [0.29, 0.717) is 12.0 Å². The number of ether oxygens (including phenoxy) is 1. The Morgan fingerprint density at radius 2 is 2.16 bits per heavy atom. The van der Waals surface area contributed by atoms with Gasteiger partial charge in [-0.05, 0) is 25.3 Å². The maximum absolute atomic E-state index is 12.0. The third-order valence-electron chi connectivity index (χ3n) is 4.15. The van der Waals surface area contributed by atoms with Gasteiger partial charge < -0.3 is 15.4 Å². The molecule has 2 rings (SSSR count). The van der Waals surface area contributed by atoms with E-state index in [2.05, 4.69) is 29.4 Å². The van der Waals surface area contributed by atoms with Gasteiger partial charge in [-0.25, -0.2) is 0 Å². The van der Waals surface area contributed by atoms with Gasteiger partial charge in [-0.3, -0.25) is 9.69 Å². The summed E-state index contributed by atoms with van der Waals surface area (Å²) in [6.07, 6.45) is 2.07. The first-order chi connectivity index (χ1) is 9.18. The van der Waals surface area contributed by atoms with Crippen LogP contribution in [0.3, 0.4) is 0 Å². The molecule has 19 heavy (non-hydrogen) atoms. The molecule has 0 radical (unpaired) electrons. The highest BCUT2D eigenvalue weighted by atomic mass is 16.5. The van der Waals surface area contributed by atoms with Crippen molar-refractivity contribution >= 4 is 5.91 Å². The molecule has 2 fully saturated rings. The summed E-state index contributed by atoms with van der Waals surface area (Å²) in [5.74, 6) is 0.700. The Labute approximate surface area is 116 Å². The molecule has 0 aromatic carbocycles. The van der Waals surface area contributed by atoms with Gasteiger partial charge in [0.05, 0.1) is 19.3 Å². The summed E-state index contributed by atoms with van der Waals surface area (Å²) in [5.41, 5.74) is 0. The minimum atomic E-state index is 0.0255. The van der Waals surface area contributed by atoms with Crippen LogP contribution in [0.15, 0.2) is 0 Å². The van der Waals surface area contributed by atoms with E-state index in [-0.39, 0.29) is 11.9 Å². The minimum absolute atomic E-state index is 0.0255. The first-order valence-electron chi connectivity index (χ1n) is 7.51. The van der Waals surface area contributed by atoms with Crippen molar-refractivity contribution in [3.63, 3.8) is 0 Å². The van der Waals surface area contributed by atoms with E-state index in [9.17, 15) is 4.79 Å². The molecule has 0 aromatic rings. The molecule has 0 spiro atoms. The van der Waals surface area contributed by atoms with Crippen molar-refractivity contribution in [1.29, 1.82) is 0 Å². The number of nitrogens with one attached hydrogen (secondary N) is 2. The zero-order valence-corrected chi connectivity index (χ0v) is 12.2. The smallest absolute Gasteiger partial charge is 0.237 e. The van der Waals surface area contributed by atoms with Gasteiger partial charge in [0.1, 0.15) is 0 Å². The molecule has 2 unspecified atom stereocenters. The largest absolute Gasteiger partial charge is 0.379 e. The van der Waals surface area contributed by atoms with E-state index >= 15 is 0 Å². The van der Waals surface area contributed by atoms with Crippen molar-refractivity contribution in [2.75, 3.05) is 39.4 Å². The van der Waals surface area contributed by atoms with E-state index in [1.807, 2.05) is 0 Å². The number of amides is 1. The minimum Gasteiger partial charge on any atom is -0.379 e. The number of hydrogen-bond donors (Lipinski definition) is 2. The van der Waals surface area contributed by atoms with Crippen LogP contribution in [0, 0.1) is 5.92 Å². The summed E-state index contributed by atoms with van der Waals surface area (Å²) in [7, 11) is 0. The quantitative estimate of drug-likeness (QED) is 0.749. The van der Waals surface area contributed by atoms with Crippen LogP contribution in [0.1, 0.15) is 26.7 Å². The Hall–Kier alpha value is -0.650. The number of hydrogen-bond acceptors (Lipinski definition) is 4. The molecule has 2 aliphatic heterocycles. The van der Waals surface area contributed by atoms with Gasteiger partial charge >= 0.3 is 0 Å². The van der Waals surface area contributed by atoms with Crippen LogP contribution in [-0.4, -0.2) is 62.3 Å². The highest BCUT2D eigenvalue weighted by molar-refractivity contribution is 5.82. The van der Waals surface area contributed by atoms with Crippen molar-refractivity contribution in [2.24, 2.45) is 5.92 Å². The SMILES string of the molecule is CC(C)C(CNC(=O)C1CCCN1)N1CCOCC1. The van der Waals surface area contributed by atoms with Crippen LogP contribution in [0.5, 0.6) is 0 Å². The topological polar surface area (TPSA) is 53.6 Å². The maximum Gasteiger partial charge on any atom is 0.237 e. The van der Waals surface area contributed by atoms with Crippen molar-refractivity contribution in [1.82, 2.24) is 15.5 Å². The molecule has 1 amide bonds. The lowest BCUT2D eigenvalue weighted by atomic mass is 10.0. The fourth-order valence-corrected chi connectivity index (χ4v) is 2.93.